The van der Waals surface area contributed by atoms with E-state index in [-0.39, 0.29) is 0 Å². The largest absolute Gasteiger partial charge is 0.465 e. The van der Waals surface area contributed by atoms with Gasteiger partial charge in [0.25, 0.3) is 0 Å². The molecule has 1 amide bonds. The van der Waals surface area contributed by atoms with Crippen LogP contribution in [0.15, 0.2) is 24.3 Å². The molecule has 15 heavy (non-hydrogen) atoms. The highest BCUT2D eigenvalue weighted by Gasteiger charge is 2.15. The van der Waals surface area contributed by atoms with Crippen molar-refractivity contribution in [2.75, 3.05) is 18.4 Å². The van der Waals surface area contributed by atoms with E-state index in [0.717, 1.165) is 19.5 Å². The van der Waals surface area contributed by atoms with Crippen molar-refractivity contribution in [1.82, 2.24) is 5.32 Å². The third-order valence-corrected chi connectivity index (χ3v) is 2.69. The highest BCUT2D eigenvalue weighted by atomic mass is 16.4. The molecule has 4 heteroatoms. The molecule has 1 atom stereocenters. The maximum absolute atomic E-state index is 10.4. The fourth-order valence-electron chi connectivity index (χ4n) is 1.90. The first kappa shape index (κ1) is 9.98. The lowest BCUT2D eigenvalue weighted by molar-refractivity contribution is 0.210. The lowest BCUT2D eigenvalue weighted by Gasteiger charge is -2.09. The molecule has 1 aliphatic rings. The van der Waals surface area contributed by atoms with Crippen LogP contribution in [0, 0.1) is 0 Å². The van der Waals surface area contributed by atoms with E-state index in [9.17, 15) is 4.79 Å². The molecular formula is C11H14N2O2. The zero-order chi connectivity index (χ0) is 10.7. The van der Waals surface area contributed by atoms with E-state index in [1.54, 1.807) is 0 Å². The van der Waals surface area contributed by atoms with Gasteiger partial charge >= 0.3 is 6.09 Å². The number of benzene rings is 1. The van der Waals surface area contributed by atoms with Crippen molar-refractivity contribution in [1.29, 1.82) is 0 Å². The summed E-state index contributed by atoms with van der Waals surface area (Å²) in [6.07, 6.45) is 0.136. The van der Waals surface area contributed by atoms with E-state index in [2.05, 4.69) is 10.6 Å². The molecule has 0 aliphatic carbocycles. The molecular weight excluding hydrogens is 192 g/mol. The SMILES string of the molecule is O=C(O)Nc1ccc(C2CCNC2)cc1. The van der Waals surface area contributed by atoms with Gasteiger partial charge in [-0.15, -0.1) is 0 Å². The van der Waals surface area contributed by atoms with Crippen LogP contribution in [0.3, 0.4) is 0 Å². The molecule has 4 nitrogen and oxygen atoms in total. The third kappa shape index (κ3) is 2.47. The van der Waals surface area contributed by atoms with Crippen LogP contribution in [0.25, 0.3) is 0 Å². The van der Waals surface area contributed by atoms with Crippen LogP contribution in [0.1, 0.15) is 17.9 Å². The van der Waals surface area contributed by atoms with Gasteiger partial charge in [0, 0.05) is 12.2 Å². The van der Waals surface area contributed by atoms with Gasteiger partial charge in [-0.3, -0.25) is 5.32 Å². The van der Waals surface area contributed by atoms with E-state index < -0.39 is 6.09 Å². The Morgan fingerprint density at radius 1 is 1.40 bits per heavy atom. The van der Waals surface area contributed by atoms with Gasteiger partial charge in [0.05, 0.1) is 0 Å². The Kier molecular flexibility index (Phi) is 2.87. The summed E-state index contributed by atoms with van der Waals surface area (Å²) in [6, 6.07) is 7.59. The normalized spacial score (nSPS) is 20.1. The second-order valence-corrected chi connectivity index (χ2v) is 3.74. The number of carbonyl (C=O) groups is 1. The Hall–Kier alpha value is -1.55. The number of carboxylic acid groups (broad SMARTS) is 1. The first-order chi connectivity index (χ1) is 7.25. The van der Waals surface area contributed by atoms with Crippen LogP contribution in [0.4, 0.5) is 10.5 Å². The molecule has 0 saturated carbocycles. The number of hydrogen-bond acceptors (Lipinski definition) is 2. The van der Waals surface area contributed by atoms with Crippen LogP contribution < -0.4 is 10.6 Å². The first-order valence-electron chi connectivity index (χ1n) is 5.06. The number of nitrogens with one attached hydrogen (secondary N) is 2. The van der Waals surface area contributed by atoms with Gasteiger partial charge < -0.3 is 10.4 Å². The maximum Gasteiger partial charge on any atom is 0.409 e. The molecule has 1 unspecified atom stereocenters. The lowest BCUT2D eigenvalue weighted by atomic mass is 9.98. The number of rotatable bonds is 2. The summed E-state index contributed by atoms with van der Waals surface area (Å²) in [5.74, 6) is 0.573. The van der Waals surface area contributed by atoms with Crippen LogP contribution in [-0.4, -0.2) is 24.3 Å². The zero-order valence-electron chi connectivity index (χ0n) is 8.36. The Labute approximate surface area is 88.3 Å². The highest BCUT2D eigenvalue weighted by Crippen LogP contribution is 2.23. The molecule has 1 fully saturated rings. The predicted molar refractivity (Wildman–Crippen MR) is 58.3 cm³/mol. The minimum atomic E-state index is -1.02. The molecule has 0 aromatic heterocycles. The summed E-state index contributed by atoms with van der Waals surface area (Å²) in [6.45, 7) is 2.09. The van der Waals surface area contributed by atoms with Crippen LogP contribution >= 0.6 is 0 Å². The first-order valence-corrected chi connectivity index (χ1v) is 5.06. The van der Waals surface area contributed by atoms with Gasteiger partial charge in [-0.05, 0) is 36.6 Å². The lowest BCUT2D eigenvalue weighted by Crippen LogP contribution is -2.09. The number of amides is 1. The molecule has 1 aliphatic heterocycles. The Bertz CT molecular complexity index is 342. The highest BCUT2D eigenvalue weighted by molar-refractivity contribution is 5.82. The summed E-state index contributed by atoms with van der Waals surface area (Å²) < 4.78 is 0. The fraction of sp³-hybridized carbons (Fsp3) is 0.364. The minimum Gasteiger partial charge on any atom is -0.465 e. The van der Waals surface area contributed by atoms with Crippen LogP contribution in [0.2, 0.25) is 0 Å². The molecule has 3 N–H and O–H groups in total. The quantitative estimate of drug-likeness (QED) is 0.692. The van der Waals surface area contributed by atoms with Gasteiger partial charge in [0.2, 0.25) is 0 Å². The second kappa shape index (κ2) is 4.31. The van der Waals surface area contributed by atoms with Gasteiger partial charge in [0.1, 0.15) is 0 Å². The summed E-state index contributed by atoms with van der Waals surface area (Å²) in [4.78, 5) is 10.4. The van der Waals surface area contributed by atoms with Gasteiger partial charge in [-0.25, -0.2) is 4.79 Å². The molecule has 0 radical (unpaired) electrons. The Morgan fingerprint density at radius 2 is 2.13 bits per heavy atom. The standard InChI is InChI=1S/C11H14N2O2/c14-11(15)13-10-3-1-8(2-4-10)9-5-6-12-7-9/h1-4,9,12-13H,5-7H2,(H,14,15). The van der Waals surface area contributed by atoms with E-state index in [1.165, 1.54) is 5.56 Å². The molecule has 1 heterocycles. The fourth-order valence-corrected chi connectivity index (χ4v) is 1.90. The maximum atomic E-state index is 10.4. The van der Waals surface area contributed by atoms with Crippen molar-refractivity contribution in [2.24, 2.45) is 0 Å². The van der Waals surface area contributed by atoms with Crippen molar-refractivity contribution in [3.63, 3.8) is 0 Å². The predicted octanol–water partition coefficient (Wildman–Crippen LogP) is 1.85. The monoisotopic (exact) mass is 206 g/mol. The smallest absolute Gasteiger partial charge is 0.409 e. The molecule has 0 bridgehead atoms. The molecule has 1 saturated heterocycles. The molecule has 0 spiro atoms. The summed E-state index contributed by atoms with van der Waals surface area (Å²) in [5.41, 5.74) is 1.90. The second-order valence-electron chi connectivity index (χ2n) is 3.74. The Balaban J connectivity index is 2.06. The topological polar surface area (TPSA) is 61.4 Å². The Morgan fingerprint density at radius 3 is 2.67 bits per heavy atom. The average molecular weight is 206 g/mol. The molecule has 2 rings (SSSR count). The van der Waals surface area contributed by atoms with Crippen molar-refractivity contribution in [3.8, 4) is 0 Å². The van der Waals surface area contributed by atoms with Crippen molar-refractivity contribution in [2.45, 2.75) is 12.3 Å². The average Bonchev–Trinajstić information content (AvgIpc) is 2.71. The summed E-state index contributed by atoms with van der Waals surface area (Å²) in [7, 11) is 0. The number of anilines is 1. The molecule has 1 aromatic rings. The third-order valence-electron chi connectivity index (χ3n) is 2.69. The van der Waals surface area contributed by atoms with Crippen molar-refractivity contribution >= 4 is 11.8 Å². The zero-order valence-corrected chi connectivity index (χ0v) is 8.36. The molecule has 80 valence electrons. The van der Waals surface area contributed by atoms with E-state index in [0.29, 0.717) is 11.6 Å². The summed E-state index contributed by atoms with van der Waals surface area (Å²) in [5, 5.41) is 14.2. The van der Waals surface area contributed by atoms with Gasteiger partial charge in [0.15, 0.2) is 0 Å². The number of hydrogen-bond donors (Lipinski definition) is 3. The molecule has 1 aromatic carbocycles. The van der Waals surface area contributed by atoms with Crippen molar-refractivity contribution < 1.29 is 9.90 Å². The van der Waals surface area contributed by atoms with Gasteiger partial charge in [-0.2, -0.15) is 0 Å². The minimum absolute atomic E-state index is 0.573. The van der Waals surface area contributed by atoms with Crippen LogP contribution in [0.5, 0.6) is 0 Å². The van der Waals surface area contributed by atoms with Gasteiger partial charge in [-0.1, -0.05) is 12.1 Å². The van der Waals surface area contributed by atoms with E-state index in [4.69, 9.17) is 5.11 Å². The van der Waals surface area contributed by atoms with Crippen molar-refractivity contribution in [3.05, 3.63) is 29.8 Å². The van der Waals surface area contributed by atoms with E-state index in [1.807, 2.05) is 24.3 Å². The van der Waals surface area contributed by atoms with Crippen LogP contribution in [-0.2, 0) is 0 Å². The van der Waals surface area contributed by atoms with E-state index >= 15 is 0 Å². The summed E-state index contributed by atoms with van der Waals surface area (Å²) >= 11 is 0.